The standard InChI is InChI=1S/C21H20ClN7O2/c1-27-17-9-10-28(19(30)8-7-15-11-18(22)26-31-15)12-16(17)20(25-27)21-24-23-13-29(21)14-5-3-2-4-6-14/h2-6,11,13H,7-10,12H2,1H3. The Bertz CT molecular complexity index is 1230. The van der Waals surface area contributed by atoms with Gasteiger partial charge in [-0.2, -0.15) is 5.10 Å². The van der Waals surface area contributed by atoms with Crippen molar-refractivity contribution >= 4 is 17.5 Å². The third-order valence-corrected chi connectivity index (χ3v) is 5.68. The molecule has 4 heterocycles. The van der Waals surface area contributed by atoms with Gasteiger partial charge in [-0.15, -0.1) is 10.2 Å². The molecule has 0 unspecified atom stereocenters. The molecule has 0 bridgehead atoms. The Morgan fingerprint density at radius 1 is 1.26 bits per heavy atom. The molecule has 1 aromatic carbocycles. The summed E-state index contributed by atoms with van der Waals surface area (Å²) in [5, 5.41) is 17.1. The van der Waals surface area contributed by atoms with Crippen LogP contribution in [-0.4, -0.2) is 47.1 Å². The van der Waals surface area contributed by atoms with Crippen molar-refractivity contribution in [1.29, 1.82) is 0 Å². The maximum Gasteiger partial charge on any atom is 0.223 e. The van der Waals surface area contributed by atoms with Gasteiger partial charge in [-0.05, 0) is 12.1 Å². The number of amides is 1. The van der Waals surface area contributed by atoms with Crippen LogP contribution in [0, 0.1) is 0 Å². The molecule has 1 amide bonds. The minimum Gasteiger partial charge on any atom is -0.360 e. The van der Waals surface area contributed by atoms with Crippen LogP contribution in [-0.2, 0) is 31.2 Å². The highest BCUT2D eigenvalue weighted by atomic mass is 35.5. The normalized spacial score (nSPS) is 13.4. The lowest BCUT2D eigenvalue weighted by atomic mass is 10.0. The largest absolute Gasteiger partial charge is 0.360 e. The molecule has 0 spiro atoms. The number of aryl methyl sites for hydroxylation is 2. The van der Waals surface area contributed by atoms with Crippen molar-refractivity contribution in [3.8, 4) is 17.2 Å². The lowest BCUT2D eigenvalue weighted by molar-refractivity contribution is -0.132. The topological polar surface area (TPSA) is 94.9 Å². The number of hydrogen-bond donors (Lipinski definition) is 0. The third-order valence-electron chi connectivity index (χ3n) is 5.50. The molecule has 0 atom stereocenters. The number of benzene rings is 1. The van der Waals surface area contributed by atoms with E-state index in [0.29, 0.717) is 42.7 Å². The van der Waals surface area contributed by atoms with Crippen LogP contribution in [0.5, 0.6) is 0 Å². The van der Waals surface area contributed by atoms with Crippen LogP contribution in [0.1, 0.15) is 23.4 Å². The second kappa shape index (κ2) is 7.99. The quantitative estimate of drug-likeness (QED) is 0.476. The van der Waals surface area contributed by atoms with E-state index < -0.39 is 0 Å². The van der Waals surface area contributed by atoms with E-state index in [1.807, 2.05) is 51.5 Å². The van der Waals surface area contributed by atoms with Gasteiger partial charge in [0.2, 0.25) is 5.91 Å². The summed E-state index contributed by atoms with van der Waals surface area (Å²) in [6.07, 6.45) is 3.21. The first-order chi connectivity index (χ1) is 15.1. The lowest BCUT2D eigenvalue weighted by Crippen LogP contribution is -2.36. The van der Waals surface area contributed by atoms with E-state index >= 15 is 0 Å². The SMILES string of the molecule is Cn1nc(-c2nncn2-c2ccccc2)c2c1CCN(C(=O)CCc1cc(Cl)no1)C2. The number of aromatic nitrogens is 6. The molecule has 3 aromatic heterocycles. The Kier molecular flexibility index (Phi) is 5.03. The second-order valence-corrected chi connectivity index (χ2v) is 7.83. The van der Waals surface area contributed by atoms with E-state index in [1.54, 1.807) is 12.4 Å². The van der Waals surface area contributed by atoms with Crippen LogP contribution < -0.4 is 0 Å². The molecule has 31 heavy (non-hydrogen) atoms. The summed E-state index contributed by atoms with van der Waals surface area (Å²) >= 11 is 5.78. The molecular weight excluding hydrogens is 418 g/mol. The number of fused-ring (bicyclic) bond motifs is 1. The summed E-state index contributed by atoms with van der Waals surface area (Å²) < 4.78 is 8.90. The van der Waals surface area contributed by atoms with Crippen LogP contribution in [0.4, 0.5) is 0 Å². The molecule has 4 aromatic rings. The summed E-state index contributed by atoms with van der Waals surface area (Å²) in [5.41, 5.74) is 3.83. The highest BCUT2D eigenvalue weighted by Crippen LogP contribution is 2.30. The summed E-state index contributed by atoms with van der Waals surface area (Å²) in [7, 11) is 1.93. The van der Waals surface area contributed by atoms with Crippen molar-refractivity contribution < 1.29 is 9.32 Å². The van der Waals surface area contributed by atoms with E-state index in [4.69, 9.17) is 21.2 Å². The molecule has 0 radical (unpaired) electrons. The van der Waals surface area contributed by atoms with Crippen LogP contribution in [0.25, 0.3) is 17.2 Å². The number of halogens is 1. The highest BCUT2D eigenvalue weighted by Gasteiger charge is 2.29. The number of carbonyl (C=O) groups excluding carboxylic acids is 1. The van der Waals surface area contributed by atoms with Crippen molar-refractivity contribution in [2.24, 2.45) is 7.05 Å². The molecule has 0 saturated carbocycles. The fourth-order valence-electron chi connectivity index (χ4n) is 3.95. The molecule has 0 N–H and O–H groups in total. The Hall–Kier alpha value is -3.46. The highest BCUT2D eigenvalue weighted by molar-refractivity contribution is 6.29. The second-order valence-electron chi connectivity index (χ2n) is 7.44. The molecule has 0 fully saturated rings. The fraction of sp³-hybridized carbons (Fsp3) is 0.286. The molecule has 1 aliphatic heterocycles. The molecule has 0 saturated heterocycles. The molecule has 10 heteroatoms. The average Bonchev–Trinajstić information content (AvgIpc) is 3.51. The molecule has 5 rings (SSSR count). The van der Waals surface area contributed by atoms with Crippen molar-refractivity contribution in [2.75, 3.05) is 6.54 Å². The Balaban J connectivity index is 1.40. The maximum absolute atomic E-state index is 12.9. The number of rotatable bonds is 5. The van der Waals surface area contributed by atoms with E-state index in [-0.39, 0.29) is 5.91 Å². The lowest BCUT2D eigenvalue weighted by Gasteiger charge is -2.27. The van der Waals surface area contributed by atoms with Gasteiger partial charge in [-0.3, -0.25) is 14.0 Å². The minimum atomic E-state index is 0.0532. The maximum atomic E-state index is 12.9. The Morgan fingerprint density at radius 3 is 2.87 bits per heavy atom. The van der Waals surface area contributed by atoms with E-state index in [1.165, 1.54) is 0 Å². The molecule has 0 aliphatic carbocycles. The van der Waals surface area contributed by atoms with Gasteiger partial charge >= 0.3 is 0 Å². The first kappa shape index (κ1) is 19.5. The summed E-state index contributed by atoms with van der Waals surface area (Å²) in [4.78, 5) is 14.7. The minimum absolute atomic E-state index is 0.0532. The van der Waals surface area contributed by atoms with Crippen molar-refractivity contribution in [1.82, 2.24) is 34.6 Å². The van der Waals surface area contributed by atoms with Crippen molar-refractivity contribution in [3.05, 3.63) is 64.9 Å². The van der Waals surface area contributed by atoms with Gasteiger partial charge < -0.3 is 9.42 Å². The Labute approximate surface area is 183 Å². The molecule has 1 aliphatic rings. The van der Waals surface area contributed by atoms with Gasteiger partial charge in [-0.1, -0.05) is 35.0 Å². The van der Waals surface area contributed by atoms with Gasteiger partial charge in [0.25, 0.3) is 0 Å². The first-order valence-electron chi connectivity index (χ1n) is 9.99. The van der Waals surface area contributed by atoms with E-state index in [9.17, 15) is 4.79 Å². The number of hydrogen-bond acceptors (Lipinski definition) is 6. The van der Waals surface area contributed by atoms with Gasteiger partial charge in [0.15, 0.2) is 11.0 Å². The fourth-order valence-corrected chi connectivity index (χ4v) is 4.11. The van der Waals surface area contributed by atoms with Gasteiger partial charge in [-0.25, -0.2) is 0 Å². The number of para-hydroxylation sites is 1. The van der Waals surface area contributed by atoms with Gasteiger partial charge in [0.05, 0.1) is 0 Å². The molecule has 158 valence electrons. The van der Waals surface area contributed by atoms with E-state index in [0.717, 1.165) is 29.1 Å². The monoisotopic (exact) mass is 437 g/mol. The molecule has 9 nitrogen and oxygen atoms in total. The Morgan fingerprint density at radius 2 is 2.10 bits per heavy atom. The summed E-state index contributed by atoms with van der Waals surface area (Å²) in [5.74, 6) is 1.32. The van der Waals surface area contributed by atoms with Crippen LogP contribution in [0.3, 0.4) is 0 Å². The van der Waals surface area contributed by atoms with Crippen LogP contribution in [0.15, 0.2) is 47.2 Å². The summed E-state index contributed by atoms with van der Waals surface area (Å²) in [6, 6.07) is 11.5. The van der Waals surface area contributed by atoms with Gasteiger partial charge in [0, 0.05) is 62.4 Å². The van der Waals surface area contributed by atoms with Gasteiger partial charge in [0.1, 0.15) is 17.8 Å². The van der Waals surface area contributed by atoms with E-state index in [2.05, 4.69) is 15.4 Å². The van der Waals surface area contributed by atoms with Crippen molar-refractivity contribution in [3.63, 3.8) is 0 Å². The average molecular weight is 438 g/mol. The van der Waals surface area contributed by atoms with Crippen molar-refractivity contribution in [2.45, 2.75) is 25.8 Å². The first-order valence-corrected chi connectivity index (χ1v) is 10.4. The zero-order valence-corrected chi connectivity index (χ0v) is 17.7. The van der Waals surface area contributed by atoms with Crippen LogP contribution >= 0.6 is 11.6 Å². The number of carbonyl (C=O) groups is 1. The third kappa shape index (κ3) is 3.72. The zero-order valence-electron chi connectivity index (χ0n) is 16.9. The predicted molar refractivity (Wildman–Crippen MR) is 113 cm³/mol. The number of nitrogens with zero attached hydrogens (tertiary/aromatic N) is 7. The predicted octanol–water partition coefficient (Wildman–Crippen LogP) is 2.83. The smallest absolute Gasteiger partial charge is 0.223 e. The molecular formula is C21H20ClN7O2. The summed E-state index contributed by atoms with van der Waals surface area (Å²) in [6.45, 7) is 1.13. The zero-order chi connectivity index (χ0) is 21.4. The van der Waals surface area contributed by atoms with Crippen LogP contribution in [0.2, 0.25) is 5.15 Å².